The number of thiazole rings is 1. The van der Waals surface area contributed by atoms with Crippen molar-refractivity contribution in [3.63, 3.8) is 0 Å². The first-order valence-corrected chi connectivity index (χ1v) is 14.7. The van der Waals surface area contributed by atoms with Gasteiger partial charge in [-0.1, -0.05) is 16.9 Å². The SMILES string of the molecule is [2H]C([2H])(C)O/N=C(\C(=O)N[C@]1(C)C(=O)N2C(C=O)=C(CSc3nc(=O)c(O)nn3CC)CS[C@@]21C)c1csc(NC)n1. The van der Waals surface area contributed by atoms with Crippen LogP contribution in [0.2, 0.25) is 0 Å². The first-order chi connectivity index (χ1) is 19.7. The zero-order valence-corrected chi connectivity index (χ0v) is 24.6. The van der Waals surface area contributed by atoms with Gasteiger partial charge in [-0.15, -0.1) is 28.2 Å². The fourth-order valence-electron chi connectivity index (χ4n) is 4.15. The maximum absolute atomic E-state index is 13.6. The molecular formula is C23H28N8O6S3. The van der Waals surface area contributed by atoms with Crippen molar-refractivity contribution < 1.29 is 27.1 Å². The van der Waals surface area contributed by atoms with E-state index in [-0.39, 0.29) is 28.0 Å². The topological polar surface area (TPSA) is 181 Å². The standard InChI is InChI=1S/C23H28N8O6S3/c1-6-30-21(26-17(34)18(35)28-30)39-9-12-10-40-23(4)22(3,19(36)31(23)14(12)8-32)27-16(33)15(29-37-7-2)13-11-38-20(24-5)25-13/h8,11H,6-7,9-10H2,1-5H3,(H,24,25)(H,27,33)(H,28,35)/b29-15-/t22-,23-/m1/s1/i7D2. The smallest absolute Gasteiger partial charge is 0.336 e. The van der Waals surface area contributed by atoms with Crippen LogP contribution in [-0.4, -0.2) is 89.1 Å². The summed E-state index contributed by atoms with van der Waals surface area (Å²) in [5.74, 6) is -1.52. The van der Waals surface area contributed by atoms with E-state index < -0.39 is 40.2 Å². The van der Waals surface area contributed by atoms with E-state index in [2.05, 4.69) is 30.9 Å². The molecule has 1 fully saturated rings. The van der Waals surface area contributed by atoms with Crippen LogP contribution in [0.15, 0.2) is 31.8 Å². The van der Waals surface area contributed by atoms with Crippen molar-refractivity contribution in [2.24, 2.45) is 5.16 Å². The minimum absolute atomic E-state index is 0.121. The molecule has 2 atom stereocenters. The van der Waals surface area contributed by atoms with Crippen LogP contribution in [0.1, 0.15) is 36.1 Å². The van der Waals surface area contributed by atoms with Crippen LogP contribution in [0.5, 0.6) is 5.88 Å². The minimum Gasteiger partial charge on any atom is -0.488 e. The Labute approximate surface area is 244 Å². The molecule has 4 heterocycles. The molecule has 0 radical (unpaired) electrons. The number of hydrogen-bond donors (Lipinski definition) is 3. The number of fused-ring (bicyclic) bond motifs is 1. The van der Waals surface area contributed by atoms with Gasteiger partial charge in [0, 0.05) is 30.5 Å². The minimum atomic E-state index is -2.18. The van der Waals surface area contributed by atoms with Gasteiger partial charge in [0.25, 0.3) is 17.7 Å². The summed E-state index contributed by atoms with van der Waals surface area (Å²) in [7, 11) is 1.65. The van der Waals surface area contributed by atoms with Gasteiger partial charge in [0.2, 0.25) is 0 Å². The molecule has 0 unspecified atom stereocenters. The number of carbonyl (C=O) groups excluding carboxylic acids is 3. The second-order valence-corrected chi connectivity index (χ2v) is 11.9. The highest BCUT2D eigenvalue weighted by molar-refractivity contribution is 8.01. The van der Waals surface area contributed by atoms with Crippen LogP contribution in [0, 0.1) is 0 Å². The third-order valence-electron chi connectivity index (χ3n) is 6.49. The number of aromatic nitrogens is 4. The number of oxime groups is 1. The number of thioether (sulfide) groups is 2. The summed E-state index contributed by atoms with van der Waals surface area (Å²) in [6.45, 7) is 4.33. The Kier molecular flexibility index (Phi) is 7.75. The second-order valence-electron chi connectivity index (χ2n) is 8.75. The lowest BCUT2D eigenvalue weighted by Gasteiger charge is -2.63. The van der Waals surface area contributed by atoms with E-state index in [9.17, 15) is 24.3 Å². The van der Waals surface area contributed by atoms with Gasteiger partial charge in [-0.2, -0.15) is 4.98 Å². The molecule has 2 aromatic heterocycles. The average molecular weight is 611 g/mol. The van der Waals surface area contributed by atoms with Crippen molar-refractivity contribution in [2.75, 3.05) is 30.4 Å². The lowest BCUT2D eigenvalue weighted by atomic mass is 9.79. The van der Waals surface area contributed by atoms with E-state index in [0.717, 1.165) is 18.7 Å². The molecule has 17 heteroatoms. The van der Waals surface area contributed by atoms with Gasteiger partial charge in [-0.25, -0.2) is 9.67 Å². The lowest BCUT2D eigenvalue weighted by Crippen LogP contribution is -2.84. The molecule has 40 heavy (non-hydrogen) atoms. The molecule has 0 spiro atoms. The highest BCUT2D eigenvalue weighted by atomic mass is 32.2. The Morgan fingerprint density at radius 3 is 2.75 bits per heavy atom. The van der Waals surface area contributed by atoms with Crippen molar-refractivity contribution in [1.29, 1.82) is 0 Å². The molecule has 3 N–H and O–H groups in total. The number of aldehydes is 1. The third-order valence-corrected chi connectivity index (χ3v) is 10.1. The van der Waals surface area contributed by atoms with E-state index in [4.69, 9.17) is 7.58 Å². The van der Waals surface area contributed by atoms with Gasteiger partial charge in [-0.05, 0) is 33.3 Å². The molecule has 0 saturated carbocycles. The predicted octanol–water partition coefficient (Wildman–Crippen LogP) is 1.03. The molecule has 214 valence electrons. The van der Waals surface area contributed by atoms with E-state index >= 15 is 0 Å². The second kappa shape index (κ2) is 11.6. The van der Waals surface area contributed by atoms with Crippen LogP contribution < -0.4 is 16.2 Å². The average Bonchev–Trinajstić information content (AvgIpc) is 3.41. The zero-order valence-electron chi connectivity index (χ0n) is 24.2. The Morgan fingerprint density at radius 1 is 1.38 bits per heavy atom. The van der Waals surface area contributed by atoms with Crippen molar-refractivity contribution in [3.8, 4) is 5.88 Å². The van der Waals surface area contributed by atoms with Crippen LogP contribution in [-0.2, 0) is 25.8 Å². The van der Waals surface area contributed by atoms with Crippen LogP contribution in [0.3, 0.4) is 0 Å². The van der Waals surface area contributed by atoms with Crippen LogP contribution in [0.25, 0.3) is 0 Å². The highest BCUT2D eigenvalue weighted by Crippen LogP contribution is 2.54. The molecule has 2 amide bonds. The van der Waals surface area contributed by atoms with Gasteiger partial charge in [0.1, 0.15) is 22.7 Å². The van der Waals surface area contributed by atoms with Crippen molar-refractivity contribution in [1.82, 2.24) is 30.0 Å². The fraction of sp³-hybridized carbons (Fsp3) is 0.478. The number of aromatic hydroxyl groups is 1. The third kappa shape index (κ3) is 4.96. The lowest BCUT2D eigenvalue weighted by molar-refractivity contribution is -0.162. The Hall–Kier alpha value is -3.44. The van der Waals surface area contributed by atoms with E-state index in [1.807, 2.05) is 0 Å². The normalized spacial score (nSPS) is 23.6. The molecule has 1 saturated heterocycles. The van der Waals surface area contributed by atoms with Gasteiger partial charge in [0.05, 0.1) is 8.44 Å². The van der Waals surface area contributed by atoms with Crippen LogP contribution in [0.4, 0.5) is 5.13 Å². The Bertz CT molecular complexity index is 1560. The molecule has 14 nitrogen and oxygen atoms in total. The number of aryl methyl sites for hydroxylation is 1. The summed E-state index contributed by atoms with van der Waals surface area (Å²) < 4.78 is 16.6. The zero-order chi connectivity index (χ0) is 31.0. The summed E-state index contributed by atoms with van der Waals surface area (Å²) >= 11 is 3.68. The molecule has 0 aromatic carbocycles. The number of anilines is 1. The first-order valence-electron chi connectivity index (χ1n) is 12.9. The number of nitrogens with zero attached hydrogens (tertiary/aromatic N) is 6. The summed E-state index contributed by atoms with van der Waals surface area (Å²) in [4.78, 5) is 64.4. The monoisotopic (exact) mass is 610 g/mol. The first kappa shape index (κ1) is 26.8. The van der Waals surface area contributed by atoms with E-state index in [1.165, 1.54) is 32.7 Å². The number of carbonyl (C=O) groups is 3. The number of amides is 2. The summed E-state index contributed by atoms with van der Waals surface area (Å²) in [6.07, 6.45) is 0.585. The quantitative estimate of drug-likeness (QED) is 0.108. The Morgan fingerprint density at radius 2 is 2.12 bits per heavy atom. The molecule has 0 bridgehead atoms. The summed E-state index contributed by atoms with van der Waals surface area (Å²) in [5, 5.41) is 25.0. The number of rotatable bonds is 11. The Balaban J connectivity index is 1.59. The number of nitrogens with one attached hydrogen (secondary N) is 2. The number of hydrogen-bond acceptors (Lipinski definition) is 14. The predicted molar refractivity (Wildman–Crippen MR) is 152 cm³/mol. The molecule has 4 rings (SSSR count). The summed E-state index contributed by atoms with van der Waals surface area (Å²) in [5.41, 5.74) is -1.78. The highest BCUT2D eigenvalue weighted by Gasteiger charge is 2.70. The van der Waals surface area contributed by atoms with Crippen molar-refractivity contribution in [3.05, 3.63) is 32.7 Å². The van der Waals surface area contributed by atoms with E-state index in [0.29, 0.717) is 29.3 Å². The maximum Gasteiger partial charge on any atom is 0.336 e. The van der Waals surface area contributed by atoms with Crippen molar-refractivity contribution >= 4 is 63.8 Å². The van der Waals surface area contributed by atoms with Crippen LogP contribution >= 0.6 is 34.9 Å². The number of β-lactam (4-membered cyclic amide) rings is 1. The van der Waals surface area contributed by atoms with Crippen molar-refractivity contribution in [2.45, 2.75) is 49.8 Å². The largest absolute Gasteiger partial charge is 0.488 e. The van der Waals surface area contributed by atoms with Gasteiger partial charge < -0.3 is 20.6 Å². The molecule has 2 aliphatic rings. The van der Waals surface area contributed by atoms with Gasteiger partial charge >= 0.3 is 5.56 Å². The fourth-order valence-corrected chi connectivity index (χ4v) is 7.40. The number of allylic oxidation sites excluding steroid dienone is 1. The van der Waals surface area contributed by atoms with E-state index in [1.54, 1.807) is 33.2 Å². The molecule has 0 aliphatic carbocycles. The maximum atomic E-state index is 13.6. The molecule has 2 aliphatic heterocycles. The summed E-state index contributed by atoms with van der Waals surface area (Å²) in [6, 6.07) is 0. The van der Waals surface area contributed by atoms with Gasteiger partial charge in [0.15, 0.2) is 22.3 Å². The van der Waals surface area contributed by atoms with Gasteiger partial charge in [-0.3, -0.25) is 24.1 Å². The molecule has 2 aromatic rings. The molecular weight excluding hydrogens is 581 g/mol.